The molecule has 0 saturated heterocycles. The Morgan fingerprint density at radius 1 is 1.33 bits per heavy atom. The van der Waals surface area contributed by atoms with Crippen LogP contribution in [0.4, 0.5) is 18.0 Å². The van der Waals surface area contributed by atoms with E-state index in [9.17, 15) is 18.0 Å². The molecule has 1 aliphatic carbocycles. The normalized spacial score (nSPS) is 15.6. The highest BCUT2D eigenvalue weighted by Crippen LogP contribution is 2.29. The fraction of sp³-hybridized carbons (Fsp3) is 0.375. The Morgan fingerprint density at radius 3 is 2.58 bits per heavy atom. The molecular formula is C16H16F3N3OS. The number of benzene rings is 1. The molecule has 8 heteroatoms. The van der Waals surface area contributed by atoms with Crippen molar-refractivity contribution in [3.8, 4) is 5.69 Å². The van der Waals surface area contributed by atoms with Crippen LogP contribution < -0.4 is 10.1 Å². The molecule has 0 atom stereocenters. The van der Waals surface area contributed by atoms with Gasteiger partial charge < -0.3 is 5.32 Å². The van der Waals surface area contributed by atoms with E-state index in [0.29, 0.717) is 23.0 Å². The Hall–Kier alpha value is -2.09. The summed E-state index contributed by atoms with van der Waals surface area (Å²) < 4.78 is 39.6. The lowest BCUT2D eigenvalue weighted by atomic mass is 10.2. The zero-order chi connectivity index (χ0) is 17.3. The van der Waals surface area contributed by atoms with Gasteiger partial charge in [0.25, 0.3) is 0 Å². The molecule has 1 saturated carbocycles. The van der Waals surface area contributed by atoms with Crippen molar-refractivity contribution in [2.45, 2.75) is 25.9 Å². The number of nitrogens with zero attached hydrogens (tertiary/aromatic N) is 2. The van der Waals surface area contributed by atoms with Gasteiger partial charge in [0, 0.05) is 23.3 Å². The molecule has 0 spiro atoms. The van der Waals surface area contributed by atoms with Crippen LogP contribution in [-0.2, 0) is 6.18 Å². The van der Waals surface area contributed by atoms with E-state index >= 15 is 0 Å². The number of hydrogen-bond acceptors (Lipinski definition) is 2. The SMILES string of the molecule is Cc1cn(-c2ccc(C(F)(F)F)cc2)c(=NC(=O)NCC2CC2)s1. The summed E-state index contributed by atoms with van der Waals surface area (Å²) in [6.07, 6.45) is -0.363. The quantitative estimate of drug-likeness (QED) is 0.892. The highest BCUT2D eigenvalue weighted by Gasteiger charge is 2.30. The van der Waals surface area contributed by atoms with Crippen LogP contribution in [-0.4, -0.2) is 17.1 Å². The average Bonchev–Trinajstić information content (AvgIpc) is 3.27. The zero-order valence-electron chi connectivity index (χ0n) is 12.9. The maximum atomic E-state index is 12.7. The first-order valence-corrected chi connectivity index (χ1v) is 8.34. The number of hydrogen-bond donors (Lipinski definition) is 1. The molecule has 4 nitrogen and oxygen atoms in total. The number of carbonyl (C=O) groups excluding carboxylic acids is 1. The molecule has 1 aromatic carbocycles. The monoisotopic (exact) mass is 355 g/mol. The van der Waals surface area contributed by atoms with Crippen molar-refractivity contribution in [3.05, 3.63) is 45.7 Å². The minimum Gasteiger partial charge on any atom is -0.336 e. The predicted molar refractivity (Wildman–Crippen MR) is 85.1 cm³/mol. The second-order valence-electron chi connectivity index (χ2n) is 5.78. The first-order chi connectivity index (χ1) is 11.3. The summed E-state index contributed by atoms with van der Waals surface area (Å²) in [5.41, 5.74) is -0.180. The van der Waals surface area contributed by atoms with E-state index in [1.807, 2.05) is 6.92 Å². The van der Waals surface area contributed by atoms with E-state index in [-0.39, 0.29) is 0 Å². The van der Waals surface area contributed by atoms with E-state index in [2.05, 4.69) is 10.3 Å². The fourth-order valence-electron chi connectivity index (χ4n) is 2.21. The lowest BCUT2D eigenvalue weighted by molar-refractivity contribution is -0.137. The number of urea groups is 1. The van der Waals surface area contributed by atoms with Crippen LogP contribution in [0.25, 0.3) is 5.69 Å². The minimum atomic E-state index is -4.37. The average molecular weight is 355 g/mol. The molecule has 1 aromatic heterocycles. The lowest BCUT2D eigenvalue weighted by Crippen LogP contribution is -2.25. The molecule has 0 aliphatic heterocycles. The van der Waals surface area contributed by atoms with Crippen LogP contribution in [0.2, 0.25) is 0 Å². The Labute approximate surface area is 140 Å². The summed E-state index contributed by atoms with van der Waals surface area (Å²) >= 11 is 1.31. The van der Waals surface area contributed by atoms with E-state index < -0.39 is 17.8 Å². The van der Waals surface area contributed by atoms with Crippen molar-refractivity contribution in [2.24, 2.45) is 10.9 Å². The summed E-state index contributed by atoms with van der Waals surface area (Å²) in [5, 5.41) is 2.75. The molecule has 1 aliphatic rings. The van der Waals surface area contributed by atoms with Crippen LogP contribution in [0.3, 0.4) is 0 Å². The van der Waals surface area contributed by atoms with Gasteiger partial charge in [0.15, 0.2) is 4.80 Å². The van der Waals surface area contributed by atoms with Crippen molar-refractivity contribution in [3.63, 3.8) is 0 Å². The van der Waals surface area contributed by atoms with Crippen molar-refractivity contribution < 1.29 is 18.0 Å². The summed E-state index contributed by atoms with van der Waals surface area (Å²) in [7, 11) is 0. The highest BCUT2D eigenvalue weighted by molar-refractivity contribution is 7.09. The number of aromatic nitrogens is 1. The zero-order valence-corrected chi connectivity index (χ0v) is 13.7. The van der Waals surface area contributed by atoms with Gasteiger partial charge in [-0.3, -0.25) is 4.57 Å². The maximum absolute atomic E-state index is 12.7. The molecule has 2 amide bonds. The lowest BCUT2D eigenvalue weighted by Gasteiger charge is -2.08. The molecule has 1 N–H and O–H groups in total. The first-order valence-electron chi connectivity index (χ1n) is 7.52. The number of rotatable bonds is 3. The molecule has 0 unspecified atom stereocenters. The third-order valence-corrected chi connectivity index (χ3v) is 4.58. The second-order valence-corrected chi connectivity index (χ2v) is 6.99. The van der Waals surface area contributed by atoms with Gasteiger partial charge in [-0.25, -0.2) is 4.79 Å². The highest BCUT2D eigenvalue weighted by atomic mass is 32.1. The number of halogens is 3. The van der Waals surface area contributed by atoms with Gasteiger partial charge in [-0.2, -0.15) is 18.2 Å². The van der Waals surface area contributed by atoms with Crippen LogP contribution in [0.1, 0.15) is 23.3 Å². The number of carbonyl (C=O) groups is 1. The van der Waals surface area contributed by atoms with Gasteiger partial charge in [-0.05, 0) is 49.9 Å². The van der Waals surface area contributed by atoms with Crippen molar-refractivity contribution in [1.82, 2.24) is 9.88 Å². The van der Waals surface area contributed by atoms with Gasteiger partial charge in [0.05, 0.1) is 5.56 Å². The van der Waals surface area contributed by atoms with E-state index in [4.69, 9.17) is 0 Å². The topological polar surface area (TPSA) is 46.4 Å². The number of nitrogens with one attached hydrogen (secondary N) is 1. The molecule has 3 rings (SSSR count). The third-order valence-electron chi connectivity index (χ3n) is 3.68. The molecule has 1 fully saturated rings. The summed E-state index contributed by atoms with van der Waals surface area (Å²) in [6.45, 7) is 2.47. The van der Waals surface area contributed by atoms with Gasteiger partial charge in [-0.1, -0.05) is 0 Å². The van der Waals surface area contributed by atoms with Gasteiger partial charge in [0.1, 0.15) is 0 Å². The van der Waals surface area contributed by atoms with E-state index in [0.717, 1.165) is 29.9 Å². The smallest absolute Gasteiger partial charge is 0.336 e. The minimum absolute atomic E-state index is 0.426. The molecule has 0 bridgehead atoms. The number of thiazole rings is 1. The molecule has 2 aromatic rings. The van der Waals surface area contributed by atoms with Crippen molar-refractivity contribution in [1.29, 1.82) is 0 Å². The van der Waals surface area contributed by atoms with Crippen molar-refractivity contribution >= 4 is 17.4 Å². The van der Waals surface area contributed by atoms with Crippen LogP contribution in [0.5, 0.6) is 0 Å². The first kappa shape index (κ1) is 16.8. The summed E-state index contributed by atoms with van der Waals surface area (Å²) in [5.74, 6) is 0.552. The number of amides is 2. The summed E-state index contributed by atoms with van der Waals surface area (Å²) in [4.78, 5) is 17.3. The van der Waals surface area contributed by atoms with Crippen LogP contribution in [0.15, 0.2) is 35.5 Å². The van der Waals surface area contributed by atoms with Crippen molar-refractivity contribution in [2.75, 3.05) is 6.54 Å². The Morgan fingerprint density at radius 2 is 2.00 bits per heavy atom. The molecule has 0 radical (unpaired) electrons. The molecule has 24 heavy (non-hydrogen) atoms. The van der Waals surface area contributed by atoms with Gasteiger partial charge >= 0.3 is 12.2 Å². The molecular weight excluding hydrogens is 339 g/mol. The predicted octanol–water partition coefficient (Wildman–Crippen LogP) is 3.89. The van der Waals surface area contributed by atoms with E-state index in [1.165, 1.54) is 23.5 Å². The van der Waals surface area contributed by atoms with Crippen LogP contribution >= 0.6 is 11.3 Å². The molecule has 128 valence electrons. The Balaban J connectivity index is 1.86. The van der Waals surface area contributed by atoms with E-state index in [1.54, 1.807) is 10.8 Å². The Kier molecular flexibility index (Phi) is 4.49. The van der Waals surface area contributed by atoms with Gasteiger partial charge in [0.2, 0.25) is 0 Å². The standard InChI is InChI=1S/C16H16F3N3OS/c1-10-9-22(13-6-4-12(5-7-13)16(17,18)19)15(24-10)21-14(23)20-8-11-2-3-11/h4-7,9,11H,2-3,8H2,1H3,(H,20,23). The van der Waals surface area contributed by atoms with Crippen LogP contribution in [0, 0.1) is 12.8 Å². The summed E-state index contributed by atoms with van der Waals surface area (Å²) in [6, 6.07) is 4.36. The second kappa shape index (κ2) is 6.43. The number of aryl methyl sites for hydroxylation is 1. The maximum Gasteiger partial charge on any atom is 0.416 e. The number of alkyl halides is 3. The third kappa shape index (κ3) is 4.05. The molecule has 1 heterocycles. The largest absolute Gasteiger partial charge is 0.416 e. The Bertz CT molecular complexity index is 801. The fourth-order valence-corrected chi connectivity index (χ4v) is 3.04. The van der Waals surface area contributed by atoms with Gasteiger partial charge in [-0.15, -0.1) is 11.3 Å².